The third kappa shape index (κ3) is 3.64. The van der Waals surface area contributed by atoms with Crippen LogP contribution in [0.3, 0.4) is 0 Å². The Labute approximate surface area is 172 Å². The van der Waals surface area contributed by atoms with Crippen LogP contribution in [0.15, 0.2) is 48.5 Å². The molecule has 0 unspecified atom stereocenters. The molecule has 1 aromatic heterocycles. The Morgan fingerprint density at radius 1 is 1.07 bits per heavy atom. The van der Waals surface area contributed by atoms with Crippen molar-refractivity contribution in [1.82, 2.24) is 15.2 Å². The standard InChI is InChI=1S/C20H20ClN5O3/c1-14-19(26(29)18-5-3-2-4-17(18)25(14)28)20(27)22-24-12-10-23(11-13-24)16-8-6-15(21)7-9-16/h2-9H,10-13H2,1H3,(H,22,27). The van der Waals surface area contributed by atoms with E-state index in [1.807, 2.05) is 24.3 Å². The Kier molecular flexibility index (Phi) is 5.12. The lowest BCUT2D eigenvalue weighted by Crippen LogP contribution is -2.54. The third-order valence-electron chi connectivity index (χ3n) is 5.12. The summed E-state index contributed by atoms with van der Waals surface area (Å²) in [6.45, 7) is 4.05. The first-order chi connectivity index (χ1) is 14.0. The van der Waals surface area contributed by atoms with Crippen LogP contribution < -0.4 is 14.8 Å². The molecule has 2 aromatic carbocycles. The third-order valence-corrected chi connectivity index (χ3v) is 5.37. The van der Waals surface area contributed by atoms with Crippen LogP contribution in [0.25, 0.3) is 11.0 Å². The van der Waals surface area contributed by atoms with Crippen LogP contribution in [-0.2, 0) is 0 Å². The molecule has 0 radical (unpaired) electrons. The Morgan fingerprint density at radius 3 is 2.41 bits per heavy atom. The van der Waals surface area contributed by atoms with Gasteiger partial charge in [0.15, 0.2) is 0 Å². The molecule has 9 heteroatoms. The fourth-order valence-corrected chi connectivity index (χ4v) is 3.66. The number of nitrogens with zero attached hydrogens (tertiary/aromatic N) is 4. The summed E-state index contributed by atoms with van der Waals surface area (Å²) in [7, 11) is 0. The van der Waals surface area contributed by atoms with Crippen molar-refractivity contribution < 1.29 is 9.22 Å². The van der Waals surface area contributed by atoms with E-state index in [2.05, 4.69) is 10.3 Å². The predicted molar refractivity (Wildman–Crippen MR) is 112 cm³/mol. The Bertz CT molecular complexity index is 1120. The van der Waals surface area contributed by atoms with E-state index in [1.54, 1.807) is 23.2 Å². The van der Waals surface area contributed by atoms with Crippen molar-refractivity contribution >= 4 is 34.2 Å². The maximum Gasteiger partial charge on any atom is 0.347 e. The number of anilines is 1. The smallest absolute Gasteiger partial charge is 0.347 e. The van der Waals surface area contributed by atoms with Crippen LogP contribution in [0, 0.1) is 17.0 Å². The molecule has 1 amide bonds. The minimum absolute atomic E-state index is 0.0657. The molecule has 1 fully saturated rings. The van der Waals surface area contributed by atoms with E-state index in [4.69, 9.17) is 11.6 Å². The second-order valence-electron chi connectivity index (χ2n) is 6.90. The number of hydrazine groups is 1. The molecule has 4 rings (SSSR count). The molecule has 1 aliphatic heterocycles. The fourth-order valence-electron chi connectivity index (χ4n) is 3.53. The molecule has 0 bridgehead atoms. The summed E-state index contributed by atoms with van der Waals surface area (Å²) < 4.78 is 1.15. The van der Waals surface area contributed by atoms with Crippen molar-refractivity contribution in [2.75, 3.05) is 31.1 Å². The molecule has 29 heavy (non-hydrogen) atoms. The van der Waals surface area contributed by atoms with Crippen molar-refractivity contribution in [2.24, 2.45) is 0 Å². The highest BCUT2D eigenvalue weighted by atomic mass is 35.5. The van der Waals surface area contributed by atoms with Crippen LogP contribution in [0.2, 0.25) is 5.02 Å². The van der Waals surface area contributed by atoms with Gasteiger partial charge in [-0.05, 0) is 37.3 Å². The maximum absolute atomic E-state index is 12.8. The number of carbonyl (C=O) groups excluding carboxylic acids is 1. The average molecular weight is 414 g/mol. The number of benzene rings is 2. The van der Waals surface area contributed by atoms with E-state index in [-0.39, 0.29) is 22.4 Å². The first-order valence-electron chi connectivity index (χ1n) is 9.26. The molecule has 0 atom stereocenters. The number of piperazine rings is 1. The summed E-state index contributed by atoms with van der Waals surface area (Å²) in [6, 6.07) is 14.0. The number of amides is 1. The van der Waals surface area contributed by atoms with Gasteiger partial charge >= 0.3 is 11.6 Å². The molecule has 1 N–H and O–H groups in total. The normalized spacial score (nSPS) is 14.9. The van der Waals surface area contributed by atoms with Crippen LogP contribution in [0.1, 0.15) is 16.2 Å². The molecule has 8 nitrogen and oxygen atoms in total. The van der Waals surface area contributed by atoms with Crippen molar-refractivity contribution in [3.8, 4) is 0 Å². The summed E-state index contributed by atoms with van der Waals surface area (Å²) in [6.07, 6.45) is 0. The van der Waals surface area contributed by atoms with E-state index in [0.29, 0.717) is 40.4 Å². The monoisotopic (exact) mass is 413 g/mol. The molecular weight excluding hydrogens is 394 g/mol. The zero-order valence-corrected chi connectivity index (χ0v) is 16.6. The highest BCUT2D eigenvalue weighted by molar-refractivity contribution is 6.30. The number of para-hydroxylation sites is 2. The van der Waals surface area contributed by atoms with Crippen molar-refractivity contribution in [3.05, 3.63) is 75.1 Å². The molecule has 150 valence electrons. The Morgan fingerprint density at radius 2 is 1.72 bits per heavy atom. The summed E-state index contributed by atoms with van der Waals surface area (Å²) >= 11 is 5.94. The topological polar surface area (TPSA) is 86.5 Å². The second kappa shape index (κ2) is 7.73. The van der Waals surface area contributed by atoms with E-state index in [1.165, 1.54) is 13.0 Å². The first kappa shape index (κ1) is 19.2. The minimum Gasteiger partial charge on any atom is -0.805 e. The molecule has 0 spiro atoms. The van der Waals surface area contributed by atoms with Crippen molar-refractivity contribution in [2.45, 2.75) is 6.92 Å². The first-order valence-corrected chi connectivity index (χ1v) is 9.64. The quantitative estimate of drug-likeness (QED) is 0.666. The van der Waals surface area contributed by atoms with Gasteiger partial charge in [0, 0.05) is 47.9 Å². The number of aromatic nitrogens is 2. The summed E-state index contributed by atoms with van der Waals surface area (Å²) in [5.41, 5.74) is 4.09. The average Bonchev–Trinajstić information content (AvgIpc) is 2.73. The lowest BCUT2D eigenvalue weighted by Gasteiger charge is -2.35. The van der Waals surface area contributed by atoms with Gasteiger partial charge in [-0.1, -0.05) is 23.7 Å². The van der Waals surface area contributed by atoms with Gasteiger partial charge in [-0.2, -0.15) is 0 Å². The van der Waals surface area contributed by atoms with Gasteiger partial charge in [-0.15, -0.1) is 0 Å². The zero-order valence-electron chi connectivity index (χ0n) is 15.8. The van der Waals surface area contributed by atoms with Crippen LogP contribution in [-0.4, -0.2) is 41.8 Å². The highest BCUT2D eigenvalue weighted by Gasteiger charge is 2.29. The molecule has 0 saturated carbocycles. The summed E-state index contributed by atoms with van der Waals surface area (Å²) in [5, 5.41) is 14.9. The zero-order chi connectivity index (χ0) is 20.5. The molecule has 2 heterocycles. The molecule has 1 saturated heterocycles. The number of carbonyl (C=O) groups is 1. The Balaban J connectivity index is 1.49. The highest BCUT2D eigenvalue weighted by Crippen LogP contribution is 2.19. The van der Waals surface area contributed by atoms with Gasteiger partial charge < -0.3 is 14.8 Å². The summed E-state index contributed by atoms with van der Waals surface area (Å²) in [5.74, 6) is -0.590. The van der Waals surface area contributed by atoms with Crippen LogP contribution in [0.5, 0.6) is 0 Å². The van der Waals surface area contributed by atoms with Gasteiger partial charge in [-0.3, -0.25) is 10.2 Å². The number of fused-ring (bicyclic) bond motifs is 1. The molecule has 0 aliphatic carbocycles. The van der Waals surface area contributed by atoms with Crippen LogP contribution >= 0.6 is 11.6 Å². The van der Waals surface area contributed by atoms with Crippen molar-refractivity contribution in [1.29, 1.82) is 0 Å². The lowest BCUT2D eigenvalue weighted by atomic mass is 10.2. The largest absolute Gasteiger partial charge is 0.805 e. The minimum atomic E-state index is -0.590. The van der Waals surface area contributed by atoms with E-state index < -0.39 is 5.91 Å². The number of hydrogen-bond acceptors (Lipinski definition) is 5. The number of nitrogens with one attached hydrogen (secondary N) is 1. The van der Waals surface area contributed by atoms with E-state index in [0.717, 1.165) is 5.69 Å². The SMILES string of the molecule is Cc1c(C(=O)NN2CCN(c3ccc(Cl)cc3)CC2)[n+](=O)c2ccccc2n1[O-]. The van der Waals surface area contributed by atoms with Crippen molar-refractivity contribution in [3.63, 3.8) is 0 Å². The van der Waals surface area contributed by atoms with Gasteiger partial charge in [0.1, 0.15) is 5.52 Å². The lowest BCUT2D eigenvalue weighted by molar-refractivity contribution is -0.468. The molecule has 3 aromatic rings. The summed E-state index contributed by atoms with van der Waals surface area (Å²) in [4.78, 5) is 27.7. The van der Waals surface area contributed by atoms with Gasteiger partial charge in [0.25, 0.3) is 5.52 Å². The van der Waals surface area contributed by atoms with E-state index >= 15 is 0 Å². The molecular formula is C20H20ClN5O3. The fraction of sp³-hybridized carbons (Fsp3) is 0.250. The van der Waals surface area contributed by atoms with Gasteiger partial charge in [0.05, 0.1) is 10.1 Å². The number of halogens is 1. The van der Waals surface area contributed by atoms with E-state index in [9.17, 15) is 14.9 Å². The van der Waals surface area contributed by atoms with Gasteiger partial charge in [0.2, 0.25) is 0 Å². The van der Waals surface area contributed by atoms with Crippen LogP contribution in [0.4, 0.5) is 5.69 Å². The number of hydrogen-bond donors (Lipinski definition) is 1. The van der Waals surface area contributed by atoms with Gasteiger partial charge in [-0.25, -0.2) is 5.01 Å². The number of rotatable bonds is 3. The molecule has 1 aliphatic rings. The predicted octanol–water partition coefficient (Wildman–Crippen LogP) is 2.33. The Hall–Kier alpha value is -3.10. The second-order valence-corrected chi connectivity index (χ2v) is 7.34. The maximum atomic E-state index is 12.8.